The lowest BCUT2D eigenvalue weighted by molar-refractivity contribution is 0.599. The second kappa shape index (κ2) is 8.79. The number of rotatable bonds is 8. The van der Waals surface area contributed by atoms with Crippen molar-refractivity contribution in [2.75, 3.05) is 13.1 Å². The summed E-state index contributed by atoms with van der Waals surface area (Å²) in [5.41, 5.74) is 1.16. The predicted octanol–water partition coefficient (Wildman–Crippen LogP) is 4.71. The fourth-order valence-corrected chi connectivity index (χ4v) is 2.25. The molecule has 0 radical (unpaired) electrons. The third kappa shape index (κ3) is 6.30. The number of hydrogen-bond donors (Lipinski definition) is 1. The van der Waals surface area contributed by atoms with Gasteiger partial charge in [0.15, 0.2) is 0 Å². The molecule has 17 heavy (non-hydrogen) atoms. The first-order chi connectivity index (χ1) is 8.24. The summed E-state index contributed by atoms with van der Waals surface area (Å²) in [4.78, 5) is 0. The van der Waals surface area contributed by atoms with Gasteiger partial charge >= 0.3 is 0 Å². The van der Waals surface area contributed by atoms with Crippen molar-refractivity contribution < 1.29 is 0 Å². The first kappa shape index (κ1) is 14.8. The Labute approximate surface area is 115 Å². The highest BCUT2D eigenvalue weighted by molar-refractivity contribution is 6.35. The molecule has 0 unspecified atom stereocenters. The summed E-state index contributed by atoms with van der Waals surface area (Å²) < 4.78 is 0. The molecule has 0 aliphatic carbocycles. The third-order valence-corrected chi connectivity index (χ3v) is 3.38. The summed E-state index contributed by atoms with van der Waals surface area (Å²) in [5.74, 6) is 0. The summed E-state index contributed by atoms with van der Waals surface area (Å²) in [5, 5.41) is 4.91. The molecule has 0 saturated carbocycles. The lowest BCUT2D eigenvalue weighted by atomic mass is 10.1. The number of benzene rings is 1. The third-order valence-electron chi connectivity index (χ3n) is 2.79. The largest absolute Gasteiger partial charge is 0.316 e. The maximum absolute atomic E-state index is 6.10. The van der Waals surface area contributed by atoms with E-state index in [1.54, 1.807) is 6.07 Å². The van der Waals surface area contributed by atoms with Crippen molar-refractivity contribution in [3.63, 3.8) is 0 Å². The van der Waals surface area contributed by atoms with Crippen molar-refractivity contribution in [3.05, 3.63) is 33.8 Å². The zero-order valence-electron chi connectivity index (χ0n) is 10.4. The molecular formula is C14H21Cl2N. The number of unbranched alkanes of at least 4 members (excludes halogenated alkanes) is 3. The van der Waals surface area contributed by atoms with E-state index < -0.39 is 0 Å². The second-order valence-electron chi connectivity index (χ2n) is 4.30. The van der Waals surface area contributed by atoms with Crippen LogP contribution in [-0.2, 0) is 6.42 Å². The van der Waals surface area contributed by atoms with Gasteiger partial charge in [0.05, 0.1) is 0 Å². The fourth-order valence-electron chi connectivity index (χ4n) is 1.75. The Morgan fingerprint density at radius 1 is 1.06 bits per heavy atom. The van der Waals surface area contributed by atoms with Crippen molar-refractivity contribution in [2.45, 2.75) is 39.0 Å². The van der Waals surface area contributed by atoms with Gasteiger partial charge in [-0.3, -0.25) is 0 Å². The Morgan fingerprint density at radius 3 is 2.59 bits per heavy atom. The van der Waals surface area contributed by atoms with Crippen LogP contribution in [0, 0.1) is 0 Å². The molecule has 1 aromatic carbocycles. The molecule has 0 amide bonds. The lowest BCUT2D eigenvalue weighted by Gasteiger charge is -2.06. The summed E-state index contributed by atoms with van der Waals surface area (Å²) in [7, 11) is 0. The van der Waals surface area contributed by atoms with Crippen LogP contribution in [0.2, 0.25) is 10.0 Å². The second-order valence-corrected chi connectivity index (χ2v) is 5.14. The van der Waals surface area contributed by atoms with Gasteiger partial charge in [0.2, 0.25) is 0 Å². The van der Waals surface area contributed by atoms with Crippen molar-refractivity contribution >= 4 is 23.2 Å². The Bertz CT molecular complexity index is 326. The van der Waals surface area contributed by atoms with Crippen LogP contribution < -0.4 is 5.32 Å². The van der Waals surface area contributed by atoms with Gasteiger partial charge in [-0.2, -0.15) is 0 Å². The van der Waals surface area contributed by atoms with Crippen molar-refractivity contribution in [2.24, 2.45) is 0 Å². The van der Waals surface area contributed by atoms with Crippen LogP contribution in [-0.4, -0.2) is 13.1 Å². The predicted molar refractivity (Wildman–Crippen MR) is 77.2 cm³/mol. The van der Waals surface area contributed by atoms with Gasteiger partial charge in [-0.25, -0.2) is 0 Å². The number of nitrogens with one attached hydrogen (secondary N) is 1. The van der Waals surface area contributed by atoms with Crippen LogP contribution in [0.3, 0.4) is 0 Å². The van der Waals surface area contributed by atoms with Crippen LogP contribution >= 0.6 is 23.2 Å². The van der Waals surface area contributed by atoms with E-state index in [4.69, 9.17) is 23.2 Å². The molecule has 0 aliphatic rings. The summed E-state index contributed by atoms with van der Waals surface area (Å²) in [6.07, 6.45) is 6.18. The minimum Gasteiger partial charge on any atom is -0.316 e. The highest BCUT2D eigenvalue weighted by Crippen LogP contribution is 2.20. The van der Waals surface area contributed by atoms with E-state index in [0.717, 1.165) is 30.1 Å². The van der Waals surface area contributed by atoms with Crippen LogP contribution in [0.1, 0.15) is 38.2 Å². The van der Waals surface area contributed by atoms with Gasteiger partial charge in [0.25, 0.3) is 0 Å². The maximum Gasteiger partial charge on any atom is 0.0453 e. The topological polar surface area (TPSA) is 12.0 Å². The van der Waals surface area contributed by atoms with E-state index in [2.05, 4.69) is 12.2 Å². The Morgan fingerprint density at radius 2 is 1.88 bits per heavy atom. The minimum atomic E-state index is 0.700. The van der Waals surface area contributed by atoms with Crippen molar-refractivity contribution in [1.29, 1.82) is 0 Å². The molecule has 1 nitrogen and oxygen atoms in total. The monoisotopic (exact) mass is 273 g/mol. The van der Waals surface area contributed by atoms with Crippen LogP contribution in [0.4, 0.5) is 0 Å². The average molecular weight is 274 g/mol. The molecule has 1 N–H and O–H groups in total. The van der Waals surface area contributed by atoms with Crippen molar-refractivity contribution in [3.8, 4) is 0 Å². The van der Waals surface area contributed by atoms with E-state index in [1.165, 1.54) is 25.7 Å². The van der Waals surface area contributed by atoms with Gasteiger partial charge in [-0.15, -0.1) is 0 Å². The fraction of sp³-hybridized carbons (Fsp3) is 0.571. The molecule has 0 aliphatic heterocycles. The lowest BCUT2D eigenvalue weighted by Crippen LogP contribution is -2.18. The smallest absolute Gasteiger partial charge is 0.0453 e. The Kier molecular flexibility index (Phi) is 7.67. The average Bonchev–Trinajstić information content (AvgIpc) is 2.30. The Hall–Kier alpha value is -0.240. The van der Waals surface area contributed by atoms with Crippen molar-refractivity contribution in [1.82, 2.24) is 5.32 Å². The molecule has 0 bridgehead atoms. The maximum atomic E-state index is 6.10. The molecule has 0 heterocycles. The van der Waals surface area contributed by atoms with E-state index in [1.807, 2.05) is 12.1 Å². The molecule has 3 heteroatoms. The van der Waals surface area contributed by atoms with Crippen LogP contribution in [0.15, 0.2) is 18.2 Å². The molecule has 1 rings (SSSR count). The molecule has 0 atom stereocenters. The summed E-state index contributed by atoms with van der Waals surface area (Å²) in [6, 6.07) is 5.70. The van der Waals surface area contributed by atoms with Gasteiger partial charge < -0.3 is 5.32 Å². The van der Waals surface area contributed by atoms with E-state index in [-0.39, 0.29) is 0 Å². The van der Waals surface area contributed by atoms with E-state index >= 15 is 0 Å². The quantitative estimate of drug-likeness (QED) is 0.677. The Balaban J connectivity index is 2.14. The highest BCUT2D eigenvalue weighted by atomic mass is 35.5. The van der Waals surface area contributed by atoms with Crippen LogP contribution in [0.5, 0.6) is 0 Å². The van der Waals surface area contributed by atoms with Gasteiger partial charge in [0.1, 0.15) is 0 Å². The SMILES string of the molecule is CCCCCCNCCc1ccc(Cl)cc1Cl. The molecule has 0 aromatic heterocycles. The van der Waals surface area contributed by atoms with E-state index in [0.29, 0.717) is 5.02 Å². The van der Waals surface area contributed by atoms with Gasteiger partial charge in [-0.1, -0.05) is 55.5 Å². The van der Waals surface area contributed by atoms with E-state index in [9.17, 15) is 0 Å². The molecule has 1 aromatic rings. The standard InChI is InChI=1S/C14H21Cl2N/c1-2-3-4-5-9-17-10-8-12-6-7-13(15)11-14(12)16/h6-7,11,17H,2-5,8-10H2,1H3. The summed E-state index contributed by atoms with van der Waals surface area (Å²) in [6.45, 7) is 4.31. The van der Waals surface area contributed by atoms with Gasteiger partial charge in [-0.05, 0) is 43.6 Å². The first-order valence-corrected chi connectivity index (χ1v) is 7.14. The summed E-state index contributed by atoms with van der Waals surface area (Å²) >= 11 is 11.9. The normalized spacial score (nSPS) is 10.8. The van der Waals surface area contributed by atoms with Crippen LogP contribution in [0.25, 0.3) is 0 Å². The molecule has 0 spiro atoms. The minimum absolute atomic E-state index is 0.700. The zero-order chi connectivity index (χ0) is 12.5. The molecule has 0 fully saturated rings. The first-order valence-electron chi connectivity index (χ1n) is 6.38. The molecular weight excluding hydrogens is 253 g/mol. The molecule has 0 saturated heterocycles. The number of halogens is 2. The zero-order valence-corrected chi connectivity index (χ0v) is 11.9. The highest BCUT2D eigenvalue weighted by Gasteiger charge is 2.00. The number of hydrogen-bond acceptors (Lipinski definition) is 1. The molecule has 96 valence electrons. The van der Waals surface area contributed by atoms with Gasteiger partial charge in [0, 0.05) is 10.0 Å².